The molecular formula is C12H20Cl2N2O3. The zero-order valence-corrected chi connectivity index (χ0v) is 12.5. The summed E-state index contributed by atoms with van der Waals surface area (Å²) in [6.45, 7) is 4.70. The van der Waals surface area contributed by atoms with E-state index in [1.54, 1.807) is 13.0 Å². The molecule has 0 spiro atoms. The van der Waals surface area contributed by atoms with Gasteiger partial charge in [0, 0.05) is 19.1 Å². The van der Waals surface area contributed by atoms with Gasteiger partial charge in [0.05, 0.1) is 13.2 Å². The van der Waals surface area contributed by atoms with Crippen molar-refractivity contribution in [1.82, 2.24) is 4.90 Å². The van der Waals surface area contributed by atoms with Crippen LogP contribution in [0.5, 0.6) is 0 Å². The van der Waals surface area contributed by atoms with Crippen LogP contribution in [0.1, 0.15) is 29.7 Å². The number of likely N-dealkylation sites (tertiary alicyclic amines) is 1. The third kappa shape index (κ3) is 5.03. The fourth-order valence-electron chi connectivity index (χ4n) is 2.00. The minimum atomic E-state index is -0.406. The van der Waals surface area contributed by atoms with E-state index < -0.39 is 5.97 Å². The Morgan fingerprint density at radius 1 is 1.53 bits per heavy atom. The first-order chi connectivity index (χ1) is 8.19. The van der Waals surface area contributed by atoms with Gasteiger partial charge < -0.3 is 14.9 Å². The molecule has 0 aliphatic carbocycles. The Morgan fingerprint density at radius 3 is 2.84 bits per heavy atom. The second kappa shape index (κ2) is 8.43. The van der Waals surface area contributed by atoms with Crippen LogP contribution < -0.4 is 5.73 Å². The minimum Gasteiger partial charge on any atom is -0.460 e. The first-order valence-corrected chi connectivity index (χ1v) is 5.93. The predicted octanol–water partition coefficient (Wildman–Crippen LogP) is 1.83. The van der Waals surface area contributed by atoms with Crippen LogP contribution in [-0.2, 0) is 11.3 Å². The number of nitrogens with zero attached hydrogens (tertiary/aromatic N) is 1. The summed E-state index contributed by atoms with van der Waals surface area (Å²) in [4.78, 5) is 13.6. The molecule has 1 atom stereocenters. The number of esters is 1. The quantitative estimate of drug-likeness (QED) is 0.859. The zero-order valence-electron chi connectivity index (χ0n) is 10.8. The fourth-order valence-corrected chi connectivity index (χ4v) is 2.00. The van der Waals surface area contributed by atoms with Gasteiger partial charge in [0.2, 0.25) is 5.76 Å². The molecule has 1 aromatic rings. The molecule has 2 N–H and O–H groups in total. The molecule has 0 amide bonds. The average molecular weight is 311 g/mol. The maximum Gasteiger partial charge on any atom is 0.374 e. The van der Waals surface area contributed by atoms with Gasteiger partial charge >= 0.3 is 5.97 Å². The standard InChI is InChI=1S/C12H18N2O3.2ClH/c1-2-16-12(15)11-4-3-10(17-11)8-14-6-5-9(13)7-14;;/h3-4,9H,2,5-8,13H2,1H3;2*1H. The van der Waals surface area contributed by atoms with Crippen molar-refractivity contribution in [3.63, 3.8) is 0 Å². The molecule has 1 fully saturated rings. The summed E-state index contributed by atoms with van der Waals surface area (Å²) in [5, 5.41) is 0. The summed E-state index contributed by atoms with van der Waals surface area (Å²) in [5.74, 6) is 0.643. The van der Waals surface area contributed by atoms with Crippen LogP contribution in [0.25, 0.3) is 0 Å². The number of furan rings is 1. The summed E-state index contributed by atoms with van der Waals surface area (Å²) < 4.78 is 10.3. The van der Waals surface area contributed by atoms with Gasteiger partial charge in [-0.2, -0.15) is 0 Å². The molecular weight excluding hydrogens is 291 g/mol. The summed E-state index contributed by atoms with van der Waals surface area (Å²) in [6.07, 6.45) is 1.02. The van der Waals surface area contributed by atoms with Gasteiger partial charge in [-0.05, 0) is 25.5 Å². The van der Waals surface area contributed by atoms with Crippen molar-refractivity contribution in [3.8, 4) is 0 Å². The van der Waals surface area contributed by atoms with Gasteiger partial charge in [-0.25, -0.2) is 4.79 Å². The zero-order chi connectivity index (χ0) is 12.3. The predicted molar refractivity (Wildman–Crippen MR) is 77.0 cm³/mol. The van der Waals surface area contributed by atoms with E-state index in [1.165, 1.54) is 0 Å². The van der Waals surface area contributed by atoms with Crippen molar-refractivity contribution in [1.29, 1.82) is 0 Å². The van der Waals surface area contributed by atoms with Crippen molar-refractivity contribution in [2.75, 3.05) is 19.7 Å². The third-order valence-corrected chi connectivity index (χ3v) is 2.83. The summed E-state index contributed by atoms with van der Waals surface area (Å²) >= 11 is 0. The highest BCUT2D eigenvalue weighted by atomic mass is 35.5. The Labute approximate surface area is 125 Å². The number of hydrogen-bond acceptors (Lipinski definition) is 5. The average Bonchev–Trinajstić information content (AvgIpc) is 2.89. The van der Waals surface area contributed by atoms with Crippen LogP contribution in [0.3, 0.4) is 0 Å². The van der Waals surface area contributed by atoms with Crippen LogP contribution in [0, 0.1) is 0 Å². The maximum absolute atomic E-state index is 11.4. The fraction of sp³-hybridized carbons (Fsp3) is 0.583. The molecule has 1 aliphatic rings. The Kier molecular flexibility index (Phi) is 8.09. The summed E-state index contributed by atoms with van der Waals surface area (Å²) in [7, 11) is 0. The van der Waals surface area contributed by atoms with E-state index in [0.29, 0.717) is 13.2 Å². The number of carbonyl (C=O) groups is 1. The number of hydrogen-bond donors (Lipinski definition) is 1. The Hall–Kier alpha value is -0.750. The molecule has 1 aliphatic heterocycles. The monoisotopic (exact) mass is 310 g/mol. The Bertz CT molecular complexity index is 398. The second-order valence-corrected chi connectivity index (χ2v) is 4.27. The first-order valence-electron chi connectivity index (χ1n) is 5.93. The lowest BCUT2D eigenvalue weighted by Gasteiger charge is -2.12. The van der Waals surface area contributed by atoms with Gasteiger partial charge in [-0.15, -0.1) is 24.8 Å². The van der Waals surface area contributed by atoms with Gasteiger partial charge in [0.1, 0.15) is 5.76 Å². The van der Waals surface area contributed by atoms with Crippen LogP contribution >= 0.6 is 24.8 Å². The molecule has 0 bridgehead atoms. The SMILES string of the molecule is CCOC(=O)c1ccc(CN2CCC(N)C2)o1.Cl.Cl. The lowest BCUT2D eigenvalue weighted by atomic mass is 10.3. The number of carbonyl (C=O) groups excluding carboxylic acids is 1. The topological polar surface area (TPSA) is 68.7 Å². The van der Waals surface area contributed by atoms with E-state index in [9.17, 15) is 4.79 Å². The maximum atomic E-state index is 11.4. The number of halogens is 2. The molecule has 2 rings (SSSR count). The van der Waals surface area contributed by atoms with E-state index in [1.807, 2.05) is 6.07 Å². The highest BCUT2D eigenvalue weighted by Crippen LogP contribution is 2.15. The molecule has 19 heavy (non-hydrogen) atoms. The molecule has 0 aromatic carbocycles. The third-order valence-electron chi connectivity index (χ3n) is 2.83. The highest BCUT2D eigenvalue weighted by Gasteiger charge is 2.20. The molecule has 0 saturated carbocycles. The van der Waals surface area contributed by atoms with Crippen LogP contribution in [0.2, 0.25) is 0 Å². The molecule has 110 valence electrons. The van der Waals surface area contributed by atoms with Gasteiger partial charge in [-0.3, -0.25) is 4.90 Å². The Balaban J connectivity index is 0.00000162. The van der Waals surface area contributed by atoms with Crippen LogP contribution in [-0.4, -0.2) is 36.6 Å². The van der Waals surface area contributed by atoms with E-state index >= 15 is 0 Å². The van der Waals surface area contributed by atoms with Crippen molar-refractivity contribution < 1.29 is 13.9 Å². The number of nitrogens with two attached hydrogens (primary N) is 1. The molecule has 1 aromatic heterocycles. The lowest BCUT2D eigenvalue weighted by molar-refractivity contribution is 0.0486. The van der Waals surface area contributed by atoms with Crippen molar-refractivity contribution >= 4 is 30.8 Å². The van der Waals surface area contributed by atoms with Gasteiger partial charge in [0.15, 0.2) is 0 Å². The molecule has 0 radical (unpaired) electrons. The first kappa shape index (κ1) is 18.2. The smallest absolute Gasteiger partial charge is 0.374 e. The van der Waals surface area contributed by atoms with Crippen molar-refractivity contribution in [2.24, 2.45) is 5.73 Å². The normalized spacial score (nSPS) is 18.5. The van der Waals surface area contributed by atoms with Crippen LogP contribution in [0.15, 0.2) is 16.5 Å². The van der Waals surface area contributed by atoms with Crippen molar-refractivity contribution in [2.45, 2.75) is 25.9 Å². The summed E-state index contributed by atoms with van der Waals surface area (Å²) in [5.41, 5.74) is 5.83. The minimum absolute atomic E-state index is 0. The van der Waals surface area contributed by atoms with Crippen molar-refractivity contribution in [3.05, 3.63) is 23.7 Å². The molecule has 7 heteroatoms. The van der Waals surface area contributed by atoms with Gasteiger partial charge in [-0.1, -0.05) is 0 Å². The van der Waals surface area contributed by atoms with Gasteiger partial charge in [0.25, 0.3) is 0 Å². The molecule has 1 unspecified atom stereocenters. The number of ether oxygens (including phenoxy) is 1. The largest absolute Gasteiger partial charge is 0.460 e. The van der Waals surface area contributed by atoms with E-state index in [-0.39, 0.29) is 36.6 Å². The molecule has 1 saturated heterocycles. The lowest BCUT2D eigenvalue weighted by Crippen LogP contribution is -2.26. The second-order valence-electron chi connectivity index (χ2n) is 4.27. The van der Waals surface area contributed by atoms with E-state index in [4.69, 9.17) is 14.9 Å². The van der Waals surface area contributed by atoms with E-state index in [0.717, 1.165) is 25.3 Å². The van der Waals surface area contributed by atoms with E-state index in [2.05, 4.69) is 4.90 Å². The molecule has 5 nitrogen and oxygen atoms in total. The van der Waals surface area contributed by atoms with Crippen LogP contribution in [0.4, 0.5) is 0 Å². The Morgan fingerprint density at radius 2 is 2.26 bits per heavy atom. The number of rotatable bonds is 4. The summed E-state index contributed by atoms with van der Waals surface area (Å²) in [6, 6.07) is 3.73. The molecule has 2 heterocycles. The highest BCUT2D eigenvalue weighted by molar-refractivity contribution is 5.86.